The number of nitrogens with one attached hydrogen (secondary N) is 2. The van der Waals surface area contributed by atoms with E-state index in [0.29, 0.717) is 40.0 Å². The highest BCUT2D eigenvalue weighted by Gasteiger charge is 2.32. The maximum Gasteiger partial charge on any atom is 0.260 e. The zero-order chi connectivity index (χ0) is 28.4. The third-order valence-electron chi connectivity index (χ3n) is 7.20. The molecule has 0 bridgehead atoms. The van der Waals surface area contributed by atoms with Crippen molar-refractivity contribution < 1.29 is 4.39 Å². The summed E-state index contributed by atoms with van der Waals surface area (Å²) in [5.74, 6) is 1.05. The van der Waals surface area contributed by atoms with Gasteiger partial charge in [0.2, 0.25) is 5.95 Å². The predicted octanol–water partition coefficient (Wildman–Crippen LogP) is 6.44. The van der Waals surface area contributed by atoms with Gasteiger partial charge in [0.25, 0.3) is 5.56 Å². The van der Waals surface area contributed by atoms with E-state index in [1.807, 2.05) is 75.3 Å². The molecule has 210 valence electrons. The van der Waals surface area contributed by atoms with Crippen LogP contribution in [0, 0.1) is 0 Å². The summed E-state index contributed by atoms with van der Waals surface area (Å²) in [5.41, 5.74) is 1.60. The van der Waals surface area contributed by atoms with Crippen LogP contribution in [0.5, 0.6) is 0 Å². The molecule has 0 aliphatic heterocycles. The molecular weight excluding hydrogens is 549 g/mol. The topological polar surface area (TPSA) is 88.0 Å². The average Bonchev–Trinajstić information content (AvgIpc) is 2.92. The minimum atomic E-state index is -0.914. The fourth-order valence-corrected chi connectivity index (χ4v) is 6.02. The molecule has 1 aromatic carbocycles. The summed E-state index contributed by atoms with van der Waals surface area (Å²) in [4.78, 5) is 30.2. The maximum atomic E-state index is 14.7. The van der Waals surface area contributed by atoms with Gasteiger partial charge in [-0.25, -0.2) is 14.4 Å². The first kappa shape index (κ1) is 28.3. The van der Waals surface area contributed by atoms with Crippen molar-refractivity contribution in [3.05, 3.63) is 70.2 Å². The Morgan fingerprint density at radius 1 is 1.12 bits per heavy atom. The van der Waals surface area contributed by atoms with E-state index >= 15 is 0 Å². The van der Waals surface area contributed by atoms with Crippen molar-refractivity contribution in [3.8, 4) is 11.1 Å². The second-order valence-electron chi connectivity index (χ2n) is 10.6. The van der Waals surface area contributed by atoms with Crippen LogP contribution in [0.2, 0.25) is 5.02 Å². The number of rotatable bonds is 8. The minimum absolute atomic E-state index is 0.0589. The van der Waals surface area contributed by atoms with Crippen molar-refractivity contribution in [2.45, 2.75) is 62.3 Å². The molecule has 3 unspecified atom stereocenters. The molecule has 1 aliphatic rings. The highest BCUT2D eigenvalue weighted by molar-refractivity contribution is 8.00. The van der Waals surface area contributed by atoms with Crippen LogP contribution in [0.4, 0.5) is 16.2 Å². The summed E-state index contributed by atoms with van der Waals surface area (Å²) in [5, 5.41) is 4.70. The van der Waals surface area contributed by atoms with E-state index in [1.165, 1.54) is 11.9 Å². The monoisotopic (exact) mass is 581 g/mol. The van der Waals surface area contributed by atoms with Crippen molar-refractivity contribution in [1.82, 2.24) is 24.4 Å². The Morgan fingerprint density at radius 3 is 2.60 bits per heavy atom. The van der Waals surface area contributed by atoms with Crippen molar-refractivity contribution in [2.24, 2.45) is 0 Å². The number of anilines is 2. The Bertz CT molecular complexity index is 1550. The Morgan fingerprint density at radius 2 is 1.93 bits per heavy atom. The molecule has 4 aromatic rings. The van der Waals surface area contributed by atoms with Gasteiger partial charge in [0.1, 0.15) is 17.6 Å². The van der Waals surface area contributed by atoms with Gasteiger partial charge in [-0.05, 0) is 83.1 Å². The van der Waals surface area contributed by atoms with Crippen molar-refractivity contribution in [2.75, 3.05) is 24.1 Å². The lowest BCUT2D eigenvalue weighted by molar-refractivity contribution is 0.109. The Kier molecular flexibility index (Phi) is 8.58. The maximum absolute atomic E-state index is 14.7. The largest absolute Gasteiger partial charge is 0.351 e. The van der Waals surface area contributed by atoms with Crippen LogP contribution in [-0.4, -0.2) is 56.8 Å². The van der Waals surface area contributed by atoms with E-state index in [0.717, 1.165) is 23.1 Å². The summed E-state index contributed by atoms with van der Waals surface area (Å²) >= 11 is 7.60. The molecule has 3 aromatic heterocycles. The van der Waals surface area contributed by atoms with E-state index in [4.69, 9.17) is 16.6 Å². The molecule has 11 heteroatoms. The number of nitrogens with zero attached hydrogens (tertiary/aromatic N) is 5. The van der Waals surface area contributed by atoms with Gasteiger partial charge in [-0.15, -0.1) is 0 Å². The average molecular weight is 582 g/mol. The first-order valence-electron chi connectivity index (χ1n) is 13.3. The molecule has 1 aliphatic carbocycles. The molecule has 0 saturated heterocycles. The second-order valence-corrected chi connectivity index (χ2v) is 11.8. The highest BCUT2D eigenvalue weighted by Crippen LogP contribution is 2.29. The van der Waals surface area contributed by atoms with Crippen LogP contribution in [0.25, 0.3) is 22.2 Å². The van der Waals surface area contributed by atoms with E-state index in [1.54, 1.807) is 17.0 Å². The number of fused-ring (bicyclic) bond motifs is 1. The summed E-state index contributed by atoms with van der Waals surface area (Å²) in [6.07, 6.45) is 4.47. The second kappa shape index (κ2) is 12.1. The molecule has 8 nitrogen and oxygen atoms in total. The number of benzene rings is 1. The number of halogens is 2. The lowest BCUT2D eigenvalue weighted by Crippen LogP contribution is -2.44. The first-order chi connectivity index (χ1) is 19.2. The molecule has 1 saturated carbocycles. The van der Waals surface area contributed by atoms with Crippen LogP contribution in [0.15, 0.2) is 64.5 Å². The van der Waals surface area contributed by atoms with Crippen molar-refractivity contribution in [3.63, 3.8) is 0 Å². The normalized spacial score (nSPS) is 19.4. The SMILES string of the molecule is CC(C)n1c(=O)c(-c2ccc(NSc3ccccc3Cl)nc2)cc2cnc(NC3CCC(N(C)C)C(F)C3)nc21. The van der Waals surface area contributed by atoms with Gasteiger partial charge in [0.05, 0.1) is 5.02 Å². The number of alkyl halides is 1. The van der Waals surface area contributed by atoms with Crippen molar-refractivity contribution in [1.29, 1.82) is 0 Å². The fraction of sp³-hybridized carbons (Fsp3) is 0.379. The number of pyridine rings is 2. The summed E-state index contributed by atoms with van der Waals surface area (Å²) in [6, 6.07) is 12.8. The lowest BCUT2D eigenvalue weighted by Gasteiger charge is -2.35. The Hall–Kier alpha value is -3.21. The number of aromatic nitrogens is 4. The molecule has 5 rings (SSSR count). The first-order valence-corrected chi connectivity index (χ1v) is 14.5. The zero-order valence-corrected chi connectivity index (χ0v) is 24.5. The predicted molar refractivity (Wildman–Crippen MR) is 162 cm³/mol. The molecule has 0 spiro atoms. The van der Waals surface area contributed by atoms with Gasteiger partial charge < -0.3 is 14.9 Å². The highest BCUT2D eigenvalue weighted by atomic mass is 35.5. The summed E-state index contributed by atoms with van der Waals surface area (Å²) in [7, 11) is 3.83. The molecule has 3 atom stereocenters. The van der Waals surface area contributed by atoms with E-state index in [-0.39, 0.29) is 23.7 Å². The summed E-state index contributed by atoms with van der Waals surface area (Å²) < 4.78 is 19.6. The van der Waals surface area contributed by atoms with Gasteiger partial charge in [-0.2, -0.15) is 4.98 Å². The van der Waals surface area contributed by atoms with E-state index in [9.17, 15) is 9.18 Å². The number of hydrogen-bond donors (Lipinski definition) is 2. The van der Waals surface area contributed by atoms with Crippen LogP contribution >= 0.6 is 23.5 Å². The van der Waals surface area contributed by atoms with Crippen LogP contribution in [-0.2, 0) is 0 Å². The molecule has 1 fully saturated rings. The van der Waals surface area contributed by atoms with Crippen LogP contribution in [0.1, 0.15) is 39.2 Å². The summed E-state index contributed by atoms with van der Waals surface area (Å²) in [6.45, 7) is 3.90. The van der Waals surface area contributed by atoms with Gasteiger partial charge >= 0.3 is 0 Å². The smallest absolute Gasteiger partial charge is 0.260 e. The van der Waals surface area contributed by atoms with Crippen LogP contribution < -0.4 is 15.6 Å². The third-order valence-corrected chi connectivity index (χ3v) is 8.53. The molecular formula is C29H33ClFN7OS. The molecule has 0 radical (unpaired) electrons. The Balaban J connectivity index is 1.38. The van der Waals surface area contributed by atoms with Crippen molar-refractivity contribution >= 4 is 46.3 Å². The van der Waals surface area contributed by atoms with Gasteiger partial charge in [-0.3, -0.25) is 9.36 Å². The molecule has 3 heterocycles. The molecule has 2 N–H and O–H groups in total. The van der Waals surface area contributed by atoms with Crippen LogP contribution in [0.3, 0.4) is 0 Å². The minimum Gasteiger partial charge on any atom is -0.351 e. The van der Waals surface area contributed by atoms with E-state index in [2.05, 4.69) is 20.0 Å². The van der Waals surface area contributed by atoms with Gasteiger partial charge in [-0.1, -0.05) is 23.7 Å². The molecule has 40 heavy (non-hydrogen) atoms. The zero-order valence-electron chi connectivity index (χ0n) is 22.9. The standard InChI is InChI=1S/C29H33ClFN7OS/c1-17(2)38-27-19(16-33-29(35-27)34-20-10-11-24(37(3)4)23(31)14-20)13-21(28(38)39)18-9-12-26(32-15-18)36-40-25-8-6-5-7-22(25)30/h5-9,12-13,15-17,20,23-24H,10-11,14H2,1-4H3,(H,32,36)(H,33,34,35). The Labute approximate surface area is 242 Å². The quantitative estimate of drug-likeness (QED) is 0.230. The number of hydrogen-bond acceptors (Lipinski definition) is 8. The molecule has 0 amide bonds. The fourth-order valence-electron chi connectivity index (χ4n) is 5.12. The van der Waals surface area contributed by atoms with E-state index < -0.39 is 6.17 Å². The lowest BCUT2D eigenvalue weighted by atomic mass is 9.89. The third kappa shape index (κ3) is 6.09. The van der Waals surface area contributed by atoms with Gasteiger partial charge in [0.15, 0.2) is 0 Å². The van der Waals surface area contributed by atoms with Gasteiger partial charge in [0, 0.05) is 58.3 Å².